The molecule has 0 aromatic heterocycles. The van der Waals surface area contributed by atoms with Crippen LogP contribution in [0.15, 0.2) is 12.1 Å². The average molecular weight is 366 g/mol. The van der Waals surface area contributed by atoms with Crippen LogP contribution < -0.4 is 14.2 Å². The van der Waals surface area contributed by atoms with E-state index in [-0.39, 0.29) is 25.6 Å². The Labute approximate surface area is 151 Å². The van der Waals surface area contributed by atoms with Crippen molar-refractivity contribution in [2.75, 3.05) is 34.0 Å². The van der Waals surface area contributed by atoms with E-state index in [4.69, 9.17) is 23.7 Å². The van der Waals surface area contributed by atoms with Crippen LogP contribution in [0, 0.1) is 5.92 Å². The second-order valence-corrected chi connectivity index (χ2v) is 5.46. The van der Waals surface area contributed by atoms with Crippen molar-refractivity contribution < 1.29 is 38.1 Å². The minimum atomic E-state index is -1.44. The molecule has 1 aliphatic heterocycles. The summed E-state index contributed by atoms with van der Waals surface area (Å²) in [6.45, 7) is 3.08. The van der Waals surface area contributed by atoms with Crippen LogP contribution in [0.4, 0.5) is 0 Å². The summed E-state index contributed by atoms with van der Waals surface area (Å²) in [6.07, 6.45) is 0. The van der Waals surface area contributed by atoms with Gasteiger partial charge in [0.2, 0.25) is 0 Å². The van der Waals surface area contributed by atoms with Crippen molar-refractivity contribution in [2.45, 2.75) is 19.8 Å². The number of hydrogen-bond donors (Lipinski definition) is 0. The summed E-state index contributed by atoms with van der Waals surface area (Å²) in [5.41, 5.74) is 0.302. The minimum Gasteiger partial charge on any atom is -0.496 e. The van der Waals surface area contributed by atoms with Crippen LogP contribution in [0.2, 0.25) is 0 Å². The van der Waals surface area contributed by atoms with E-state index < -0.39 is 29.6 Å². The lowest BCUT2D eigenvalue weighted by molar-refractivity contribution is -0.164. The molecule has 1 heterocycles. The van der Waals surface area contributed by atoms with Gasteiger partial charge >= 0.3 is 11.9 Å². The predicted molar refractivity (Wildman–Crippen MR) is 89.5 cm³/mol. The van der Waals surface area contributed by atoms with Gasteiger partial charge in [0, 0.05) is 17.7 Å². The first-order chi connectivity index (χ1) is 12.5. The maximum Gasteiger partial charge on any atom is 0.321 e. The number of carbonyl (C=O) groups is 3. The third kappa shape index (κ3) is 3.74. The number of ketones is 1. The molecule has 1 aliphatic rings. The maximum absolute atomic E-state index is 12.6. The second kappa shape index (κ2) is 8.55. The maximum atomic E-state index is 12.6. The molecule has 8 nitrogen and oxygen atoms in total. The molecule has 0 fully saturated rings. The summed E-state index contributed by atoms with van der Waals surface area (Å²) in [7, 11) is 2.89. The van der Waals surface area contributed by atoms with Crippen molar-refractivity contribution in [3.8, 4) is 17.2 Å². The Morgan fingerprint density at radius 1 is 1.12 bits per heavy atom. The highest BCUT2D eigenvalue weighted by molar-refractivity contribution is 6.04. The van der Waals surface area contributed by atoms with E-state index in [2.05, 4.69) is 0 Å². The number of benzene rings is 1. The number of Topliss-reactive ketones (excluding diaryl/α,β-unsaturated/α-hetero) is 1. The van der Waals surface area contributed by atoms with E-state index in [1.807, 2.05) is 0 Å². The molecule has 0 saturated heterocycles. The van der Waals surface area contributed by atoms with Crippen molar-refractivity contribution in [1.82, 2.24) is 0 Å². The summed E-state index contributed by atoms with van der Waals surface area (Å²) < 4.78 is 26.0. The van der Waals surface area contributed by atoms with Crippen molar-refractivity contribution in [1.29, 1.82) is 0 Å². The molecule has 0 bridgehead atoms. The molecule has 1 atom stereocenters. The fourth-order valence-corrected chi connectivity index (χ4v) is 2.87. The molecular weight excluding hydrogens is 344 g/mol. The van der Waals surface area contributed by atoms with Gasteiger partial charge in [0.1, 0.15) is 23.9 Å². The van der Waals surface area contributed by atoms with Crippen molar-refractivity contribution in [2.24, 2.45) is 5.92 Å². The highest BCUT2D eigenvalue weighted by Crippen LogP contribution is 2.45. The summed E-state index contributed by atoms with van der Waals surface area (Å²) in [5.74, 6) is -3.61. The van der Waals surface area contributed by atoms with Crippen LogP contribution in [0.25, 0.3) is 0 Å². The number of carbonyl (C=O) groups excluding carboxylic acids is 3. The number of ether oxygens (including phenoxy) is 5. The number of fused-ring (bicyclic) bond motifs is 1. The van der Waals surface area contributed by atoms with Crippen molar-refractivity contribution in [3.63, 3.8) is 0 Å². The zero-order valence-corrected chi connectivity index (χ0v) is 15.2. The van der Waals surface area contributed by atoms with E-state index in [1.54, 1.807) is 26.0 Å². The lowest BCUT2D eigenvalue weighted by atomic mass is 9.80. The Morgan fingerprint density at radius 3 is 2.23 bits per heavy atom. The normalized spacial score (nSPS) is 15.7. The van der Waals surface area contributed by atoms with E-state index in [9.17, 15) is 14.4 Å². The number of esters is 2. The summed E-state index contributed by atoms with van der Waals surface area (Å²) >= 11 is 0. The molecule has 0 spiro atoms. The topological polar surface area (TPSA) is 97.4 Å². The molecule has 1 aromatic carbocycles. The smallest absolute Gasteiger partial charge is 0.321 e. The van der Waals surface area contributed by atoms with Gasteiger partial charge in [0.15, 0.2) is 11.7 Å². The molecule has 0 aliphatic carbocycles. The molecule has 0 amide bonds. The van der Waals surface area contributed by atoms with Gasteiger partial charge in [0.05, 0.1) is 33.4 Å². The second-order valence-electron chi connectivity index (χ2n) is 5.46. The number of rotatable bonds is 7. The standard InChI is InChI=1S/C18H22O8/c1-5-24-17(20)16(18(21)25-6-2)14-11(19)9-26-13-8-10(22-3)7-12(23-4)15(13)14/h7-8,14,16H,5-6,9H2,1-4H3/t14-/m1/s1. The quantitative estimate of drug-likeness (QED) is 0.529. The van der Waals surface area contributed by atoms with E-state index in [1.165, 1.54) is 14.2 Å². The Kier molecular flexibility index (Phi) is 6.43. The van der Waals surface area contributed by atoms with E-state index in [0.717, 1.165) is 0 Å². The van der Waals surface area contributed by atoms with Crippen molar-refractivity contribution >= 4 is 17.7 Å². The lowest BCUT2D eigenvalue weighted by Gasteiger charge is -2.30. The van der Waals surface area contributed by atoms with Crippen LogP contribution in [0.1, 0.15) is 25.3 Å². The van der Waals surface area contributed by atoms with E-state index >= 15 is 0 Å². The fraction of sp³-hybridized carbons (Fsp3) is 0.500. The van der Waals surface area contributed by atoms with Crippen LogP contribution in [0.5, 0.6) is 17.2 Å². The average Bonchev–Trinajstić information content (AvgIpc) is 2.63. The third-order valence-corrected chi connectivity index (χ3v) is 3.98. The lowest BCUT2D eigenvalue weighted by Crippen LogP contribution is -2.40. The molecular formula is C18H22O8. The monoisotopic (exact) mass is 366 g/mol. The number of hydrogen-bond acceptors (Lipinski definition) is 8. The van der Waals surface area contributed by atoms with Crippen LogP contribution in [-0.4, -0.2) is 51.8 Å². The zero-order valence-electron chi connectivity index (χ0n) is 15.2. The fourth-order valence-electron chi connectivity index (χ4n) is 2.87. The van der Waals surface area contributed by atoms with Gasteiger partial charge < -0.3 is 23.7 Å². The van der Waals surface area contributed by atoms with Gasteiger partial charge in [-0.05, 0) is 13.8 Å². The van der Waals surface area contributed by atoms with Gasteiger partial charge in [-0.2, -0.15) is 0 Å². The van der Waals surface area contributed by atoms with Gasteiger partial charge in [-0.25, -0.2) is 0 Å². The first-order valence-corrected chi connectivity index (χ1v) is 8.23. The van der Waals surface area contributed by atoms with Gasteiger partial charge in [-0.15, -0.1) is 0 Å². The summed E-state index contributed by atoms with van der Waals surface area (Å²) in [6, 6.07) is 3.13. The van der Waals surface area contributed by atoms with Crippen LogP contribution in [0.3, 0.4) is 0 Å². The molecule has 0 saturated carbocycles. The largest absolute Gasteiger partial charge is 0.496 e. The number of methoxy groups -OCH3 is 2. The van der Waals surface area contributed by atoms with Crippen LogP contribution in [-0.2, 0) is 23.9 Å². The van der Waals surface area contributed by atoms with Gasteiger partial charge in [0.25, 0.3) is 0 Å². The minimum absolute atomic E-state index is 0.0682. The first-order valence-electron chi connectivity index (χ1n) is 8.23. The predicted octanol–water partition coefficient (Wildman–Crippen LogP) is 1.49. The zero-order chi connectivity index (χ0) is 19.3. The molecule has 1 aromatic rings. The summed E-state index contributed by atoms with van der Waals surface area (Å²) in [5, 5.41) is 0. The highest BCUT2D eigenvalue weighted by atomic mass is 16.6. The molecule has 8 heteroatoms. The third-order valence-electron chi connectivity index (χ3n) is 3.98. The van der Waals surface area contributed by atoms with Gasteiger partial charge in [-0.3, -0.25) is 14.4 Å². The first kappa shape index (κ1) is 19.6. The molecule has 26 heavy (non-hydrogen) atoms. The Balaban J connectivity index is 2.60. The Hall–Kier alpha value is -2.77. The Morgan fingerprint density at radius 2 is 1.73 bits per heavy atom. The SMILES string of the molecule is CCOC(=O)C(C(=O)OCC)[C@@H]1C(=O)COc2cc(OC)cc(OC)c21. The molecule has 142 valence electrons. The molecule has 0 radical (unpaired) electrons. The highest BCUT2D eigenvalue weighted by Gasteiger charge is 2.47. The molecule has 0 unspecified atom stereocenters. The summed E-state index contributed by atoms with van der Waals surface area (Å²) in [4.78, 5) is 37.5. The molecule has 2 rings (SSSR count). The van der Waals surface area contributed by atoms with Gasteiger partial charge in [-0.1, -0.05) is 0 Å². The Bertz CT molecular complexity index is 661. The van der Waals surface area contributed by atoms with Crippen LogP contribution >= 0.6 is 0 Å². The van der Waals surface area contributed by atoms with Crippen molar-refractivity contribution in [3.05, 3.63) is 17.7 Å². The van der Waals surface area contributed by atoms with E-state index in [0.29, 0.717) is 17.1 Å². The molecule has 0 N–H and O–H groups in total.